The standard InChI is InChI=1S/C12H15N3O3S/c1-2-17-11(16)8-18-10-5-3-9(4-6-10)7-14-15-12(13)19/h3-7H,2,8H2,1H3,(H3,13,15,19)/b14-7-. The van der Waals surface area contributed by atoms with Crippen LogP contribution >= 0.6 is 12.2 Å². The number of carbonyl (C=O) groups is 1. The molecule has 0 amide bonds. The number of ether oxygens (including phenoxy) is 2. The largest absolute Gasteiger partial charge is 0.482 e. The lowest BCUT2D eigenvalue weighted by molar-refractivity contribution is -0.145. The Morgan fingerprint density at radius 1 is 1.47 bits per heavy atom. The van der Waals surface area contributed by atoms with Gasteiger partial charge in [-0.3, -0.25) is 5.43 Å². The number of thiocarbonyl (C=S) groups is 1. The van der Waals surface area contributed by atoms with E-state index in [1.54, 1.807) is 37.4 Å². The zero-order chi connectivity index (χ0) is 14.1. The SMILES string of the molecule is CCOC(=O)COc1ccc(/C=N\NC(N)=S)cc1. The summed E-state index contributed by atoms with van der Waals surface area (Å²) < 4.78 is 9.99. The van der Waals surface area contributed by atoms with Gasteiger partial charge in [-0.15, -0.1) is 0 Å². The first-order valence-electron chi connectivity index (χ1n) is 5.59. The van der Waals surface area contributed by atoms with E-state index in [0.717, 1.165) is 5.56 Å². The number of carbonyl (C=O) groups excluding carboxylic acids is 1. The van der Waals surface area contributed by atoms with Crippen LogP contribution in [0.15, 0.2) is 29.4 Å². The molecule has 0 bridgehead atoms. The van der Waals surface area contributed by atoms with E-state index >= 15 is 0 Å². The number of benzene rings is 1. The van der Waals surface area contributed by atoms with Crippen molar-refractivity contribution in [1.82, 2.24) is 5.43 Å². The molecule has 1 aromatic rings. The zero-order valence-electron chi connectivity index (χ0n) is 10.5. The van der Waals surface area contributed by atoms with Crippen LogP contribution in [0.2, 0.25) is 0 Å². The normalized spacial score (nSPS) is 10.2. The summed E-state index contributed by atoms with van der Waals surface area (Å²) in [4.78, 5) is 11.1. The van der Waals surface area contributed by atoms with Crippen molar-refractivity contribution < 1.29 is 14.3 Å². The predicted octanol–water partition coefficient (Wildman–Crippen LogP) is 0.796. The molecule has 0 fully saturated rings. The first-order chi connectivity index (χ1) is 9.11. The molecule has 0 spiro atoms. The van der Waals surface area contributed by atoms with Crippen LogP contribution in [-0.4, -0.2) is 30.5 Å². The highest BCUT2D eigenvalue weighted by atomic mass is 32.1. The number of nitrogens with two attached hydrogens (primary N) is 1. The Balaban J connectivity index is 2.45. The van der Waals surface area contributed by atoms with Crippen LogP contribution in [0.25, 0.3) is 0 Å². The molecule has 6 nitrogen and oxygen atoms in total. The highest BCUT2D eigenvalue weighted by Gasteiger charge is 2.02. The Bertz CT molecular complexity index is 460. The molecule has 0 atom stereocenters. The lowest BCUT2D eigenvalue weighted by Gasteiger charge is -2.05. The summed E-state index contributed by atoms with van der Waals surface area (Å²) in [6.45, 7) is 1.98. The maximum absolute atomic E-state index is 11.1. The van der Waals surface area contributed by atoms with Gasteiger partial charge in [0.2, 0.25) is 0 Å². The molecule has 7 heteroatoms. The van der Waals surface area contributed by atoms with Gasteiger partial charge in [0, 0.05) is 0 Å². The maximum Gasteiger partial charge on any atom is 0.344 e. The summed E-state index contributed by atoms with van der Waals surface area (Å²) in [5, 5.41) is 3.92. The first-order valence-corrected chi connectivity index (χ1v) is 5.99. The summed E-state index contributed by atoms with van der Waals surface area (Å²) in [5.41, 5.74) is 8.51. The van der Waals surface area contributed by atoms with Gasteiger partial charge in [0.1, 0.15) is 5.75 Å². The lowest BCUT2D eigenvalue weighted by atomic mass is 10.2. The average molecular weight is 281 g/mol. The van der Waals surface area contributed by atoms with E-state index in [4.69, 9.17) is 15.2 Å². The van der Waals surface area contributed by atoms with Gasteiger partial charge in [0.15, 0.2) is 11.7 Å². The third-order valence-corrected chi connectivity index (χ3v) is 2.02. The van der Waals surface area contributed by atoms with Crippen molar-refractivity contribution >= 4 is 29.5 Å². The molecule has 0 saturated heterocycles. The van der Waals surface area contributed by atoms with E-state index in [9.17, 15) is 4.79 Å². The number of hydrogen-bond donors (Lipinski definition) is 2. The number of hydrogen-bond acceptors (Lipinski definition) is 5. The fourth-order valence-electron chi connectivity index (χ4n) is 1.17. The van der Waals surface area contributed by atoms with Gasteiger partial charge in [-0.1, -0.05) is 0 Å². The van der Waals surface area contributed by atoms with Gasteiger partial charge in [-0.2, -0.15) is 5.10 Å². The smallest absolute Gasteiger partial charge is 0.344 e. The summed E-state index contributed by atoms with van der Waals surface area (Å²) in [6.07, 6.45) is 1.56. The molecule has 0 heterocycles. The van der Waals surface area contributed by atoms with Crippen LogP contribution in [0.5, 0.6) is 5.75 Å². The highest BCUT2D eigenvalue weighted by Crippen LogP contribution is 2.10. The molecule has 1 aromatic carbocycles. The molecule has 0 radical (unpaired) electrons. The Labute approximate surface area is 116 Å². The molecule has 102 valence electrons. The molecule has 0 saturated carbocycles. The molecular weight excluding hydrogens is 266 g/mol. The fourth-order valence-corrected chi connectivity index (χ4v) is 1.22. The monoisotopic (exact) mass is 281 g/mol. The van der Waals surface area contributed by atoms with E-state index in [-0.39, 0.29) is 11.7 Å². The van der Waals surface area contributed by atoms with Crippen LogP contribution in [0.1, 0.15) is 12.5 Å². The summed E-state index contributed by atoms with van der Waals surface area (Å²) in [7, 11) is 0. The third-order valence-electron chi connectivity index (χ3n) is 1.93. The lowest BCUT2D eigenvalue weighted by Crippen LogP contribution is -2.23. The fraction of sp³-hybridized carbons (Fsp3) is 0.250. The van der Waals surface area contributed by atoms with Crippen LogP contribution in [0.4, 0.5) is 0 Å². The average Bonchev–Trinajstić information content (AvgIpc) is 2.38. The van der Waals surface area contributed by atoms with Gasteiger partial charge < -0.3 is 15.2 Å². The van der Waals surface area contributed by atoms with Crippen molar-refractivity contribution in [2.45, 2.75) is 6.92 Å². The third kappa shape index (κ3) is 6.37. The van der Waals surface area contributed by atoms with E-state index in [0.29, 0.717) is 12.4 Å². The van der Waals surface area contributed by atoms with Crippen molar-refractivity contribution in [3.05, 3.63) is 29.8 Å². The Morgan fingerprint density at radius 2 is 2.16 bits per heavy atom. The predicted molar refractivity (Wildman–Crippen MR) is 76.1 cm³/mol. The van der Waals surface area contributed by atoms with E-state index < -0.39 is 5.97 Å². The van der Waals surface area contributed by atoms with E-state index in [1.165, 1.54) is 0 Å². The van der Waals surface area contributed by atoms with Crippen molar-refractivity contribution in [1.29, 1.82) is 0 Å². The van der Waals surface area contributed by atoms with E-state index in [1.807, 2.05) is 0 Å². The molecular formula is C12H15N3O3S. The zero-order valence-corrected chi connectivity index (χ0v) is 11.3. The minimum Gasteiger partial charge on any atom is -0.482 e. The number of hydrazone groups is 1. The Kier molecular flexibility index (Phi) is 6.31. The summed E-state index contributed by atoms with van der Waals surface area (Å²) >= 11 is 4.60. The van der Waals surface area contributed by atoms with Crippen LogP contribution in [-0.2, 0) is 9.53 Å². The first kappa shape index (κ1) is 14.9. The minimum absolute atomic E-state index is 0.102. The highest BCUT2D eigenvalue weighted by molar-refractivity contribution is 7.80. The molecule has 0 aromatic heterocycles. The van der Waals surface area contributed by atoms with Crippen LogP contribution < -0.4 is 15.9 Å². The molecule has 19 heavy (non-hydrogen) atoms. The second-order valence-electron chi connectivity index (χ2n) is 3.40. The van der Waals surface area contributed by atoms with E-state index in [2.05, 4.69) is 22.7 Å². The minimum atomic E-state index is -0.395. The maximum atomic E-state index is 11.1. The molecule has 3 N–H and O–H groups in total. The number of nitrogens with one attached hydrogen (secondary N) is 1. The Morgan fingerprint density at radius 3 is 2.74 bits per heavy atom. The molecule has 0 unspecified atom stereocenters. The van der Waals surface area contributed by atoms with Crippen molar-refractivity contribution in [3.8, 4) is 5.75 Å². The molecule has 0 aliphatic heterocycles. The number of nitrogens with zero attached hydrogens (tertiary/aromatic N) is 1. The van der Waals surface area contributed by atoms with Gasteiger partial charge in [0.25, 0.3) is 0 Å². The molecule has 1 rings (SSSR count). The second kappa shape index (κ2) is 8.04. The van der Waals surface area contributed by atoms with Crippen molar-refractivity contribution in [2.24, 2.45) is 10.8 Å². The van der Waals surface area contributed by atoms with Gasteiger partial charge >= 0.3 is 5.97 Å². The van der Waals surface area contributed by atoms with Crippen LogP contribution in [0, 0.1) is 0 Å². The van der Waals surface area contributed by atoms with Gasteiger partial charge in [-0.25, -0.2) is 4.79 Å². The summed E-state index contributed by atoms with van der Waals surface area (Å²) in [6, 6.07) is 7.01. The topological polar surface area (TPSA) is 85.9 Å². The van der Waals surface area contributed by atoms with Crippen molar-refractivity contribution in [2.75, 3.05) is 13.2 Å². The van der Waals surface area contributed by atoms with Gasteiger partial charge in [0.05, 0.1) is 12.8 Å². The van der Waals surface area contributed by atoms with Crippen LogP contribution in [0.3, 0.4) is 0 Å². The number of rotatable bonds is 6. The van der Waals surface area contributed by atoms with Gasteiger partial charge in [-0.05, 0) is 49.0 Å². The summed E-state index contributed by atoms with van der Waals surface area (Å²) in [5.74, 6) is 0.182. The molecule has 0 aliphatic carbocycles. The van der Waals surface area contributed by atoms with Crippen molar-refractivity contribution in [3.63, 3.8) is 0 Å². The quantitative estimate of drug-likeness (QED) is 0.347. The number of esters is 1. The molecule has 0 aliphatic rings. The Hall–Kier alpha value is -2.15. The second-order valence-corrected chi connectivity index (χ2v) is 3.84.